The van der Waals surface area contributed by atoms with Crippen LogP contribution < -0.4 is 5.56 Å². The number of amides is 1. The molecule has 1 aliphatic carbocycles. The molecule has 3 aromatic rings. The maximum Gasteiger partial charge on any atom is 0.262 e. The van der Waals surface area contributed by atoms with Gasteiger partial charge in [0.25, 0.3) is 5.56 Å². The molecule has 5 nitrogen and oxygen atoms in total. The van der Waals surface area contributed by atoms with E-state index >= 15 is 0 Å². The molecule has 1 amide bonds. The SMILES string of the molecule is CC(c1ccc(Cl)cc1)N(C)C(=O)CSc1nc2sc3c(c2c(=O)n1C)CCCC3. The van der Waals surface area contributed by atoms with E-state index in [1.54, 1.807) is 34.9 Å². The zero-order chi connectivity index (χ0) is 21.4. The van der Waals surface area contributed by atoms with Gasteiger partial charge in [-0.1, -0.05) is 35.5 Å². The van der Waals surface area contributed by atoms with Gasteiger partial charge in [0.2, 0.25) is 5.91 Å². The number of benzene rings is 1. The molecule has 0 aliphatic heterocycles. The van der Waals surface area contributed by atoms with Crippen LogP contribution in [-0.2, 0) is 24.7 Å². The summed E-state index contributed by atoms with van der Waals surface area (Å²) in [5, 5.41) is 2.04. The Morgan fingerprint density at radius 2 is 2.00 bits per heavy atom. The maximum atomic E-state index is 13.0. The number of thioether (sulfide) groups is 1. The molecule has 0 bridgehead atoms. The number of carbonyl (C=O) groups is 1. The minimum atomic E-state index is -0.0707. The Balaban J connectivity index is 1.51. The molecule has 0 N–H and O–H groups in total. The van der Waals surface area contributed by atoms with Crippen LogP contribution in [0.3, 0.4) is 0 Å². The molecule has 1 atom stereocenters. The van der Waals surface area contributed by atoms with Crippen molar-refractivity contribution in [3.05, 3.63) is 55.6 Å². The van der Waals surface area contributed by atoms with Gasteiger partial charge in [-0.05, 0) is 55.9 Å². The third kappa shape index (κ3) is 4.03. The fourth-order valence-electron chi connectivity index (χ4n) is 3.81. The van der Waals surface area contributed by atoms with E-state index in [1.165, 1.54) is 28.6 Å². The molecule has 4 rings (SSSR count). The first-order valence-electron chi connectivity index (χ1n) is 10.0. The number of carbonyl (C=O) groups excluding carboxylic acids is 1. The molecule has 158 valence electrons. The number of thiophene rings is 1. The Morgan fingerprint density at radius 1 is 1.30 bits per heavy atom. The predicted octanol–water partition coefficient (Wildman–Crippen LogP) is 4.84. The number of nitrogens with zero attached hydrogens (tertiary/aromatic N) is 3. The van der Waals surface area contributed by atoms with Crippen molar-refractivity contribution in [2.24, 2.45) is 7.05 Å². The molecule has 2 aromatic heterocycles. The zero-order valence-corrected chi connectivity index (χ0v) is 19.7. The molecule has 2 heterocycles. The predicted molar refractivity (Wildman–Crippen MR) is 125 cm³/mol. The van der Waals surface area contributed by atoms with Crippen molar-refractivity contribution in [2.45, 2.75) is 43.8 Å². The molecule has 30 heavy (non-hydrogen) atoms. The van der Waals surface area contributed by atoms with E-state index in [2.05, 4.69) is 0 Å². The lowest BCUT2D eigenvalue weighted by Crippen LogP contribution is -2.31. The van der Waals surface area contributed by atoms with Crippen LogP contribution in [-0.4, -0.2) is 33.2 Å². The van der Waals surface area contributed by atoms with Crippen LogP contribution in [0.5, 0.6) is 0 Å². The van der Waals surface area contributed by atoms with Crippen LogP contribution in [0.2, 0.25) is 5.02 Å². The van der Waals surface area contributed by atoms with E-state index in [0.717, 1.165) is 35.0 Å². The first-order chi connectivity index (χ1) is 14.4. The molecule has 0 radical (unpaired) electrons. The number of fused-ring (bicyclic) bond motifs is 3. The third-order valence-electron chi connectivity index (χ3n) is 5.81. The van der Waals surface area contributed by atoms with Gasteiger partial charge in [0.15, 0.2) is 5.16 Å². The maximum absolute atomic E-state index is 13.0. The number of hydrogen-bond acceptors (Lipinski definition) is 5. The van der Waals surface area contributed by atoms with Crippen molar-refractivity contribution in [3.63, 3.8) is 0 Å². The average molecular weight is 462 g/mol. The topological polar surface area (TPSA) is 55.2 Å². The van der Waals surface area contributed by atoms with Gasteiger partial charge in [-0.15, -0.1) is 11.3 Å². The largest absolute Gasteiger partial charge is 0.338 e. The first-order valence-corrected chi connectivity index (χ1v) is 12.2. The molecule has 0 saturated carbocycles. The highest BCUT2D eigenvalue weighted by Crippen LogP contribution is 2.34. The smallest absolute Gasteiger partial charge is 0.262 e. The summed E-state index contributed by atoms with van der Waals surface area (Å²) >= 11 is 8.92. The Bertz CT molecular complexity index is 1150. The average Bonchev–Trinajstić information content (AvgIpc) is 3.13. The minimum absolute atomic E-state index is 0.00256. The van der Waals surface area contributed by atoms with Crippen molar-refractivity contribution in [3.8, 4) is 0 Å². The van der Waals surface area contributed by atoms with Crippen molar-refractivity contribution in [1.29, 1.82) is 0 Å². The van der Waals surface area contributed by atoms with Gasteiger partial charge < -0.3 is 4.90 Å². The molecular weight excluding hydrogens is 438 g/mol. The monoisotopic (exact) mass is 461 g/mol. The lowest BCUT2D eigenvalue weighted by molar-refractivity contribution is -0.128. The third-order valence-corrected chi connectivity index (χ3v) is 8.26. The standard InChI is InChI=1S/C22H24ClN3O2S2/c1-13(14-8-10-15(23)11-9-14)25(2)18(27)12-29-22-24-20-19(21(28)26(22)3)16-6-4-5-7-17(16)30-20/h8-11,13H,4-7,12H2,1-3H3. The highest BCUT2D eigenvalue weighted by atomic mass is 35.5. The van der Waals surface area contributed by atoms with Gasteiger partial charge in [-0.3, -0.25) is 14.2 Å². The van der Waals surface area contributed by atoms with Gasteiger partial charge in [-0.25, -0.2) is 4.98 Å². The fourth-order valence-corrected chi connectivity index (χ4v) is 6.13. The number of hydrogen-bond donors (Lipinski definition) is 0. The summed E-state index contributed by atoms with van der Waals surface area (Å²) in [5.74, 6) is 0.216. The normalized spacial score (nSPS) is 14.5. The van der Waals surface area contributed by atoms with E-state index in [1.807, 2.05) is 31.2 Å². The summed E-state index contributed by atoms with van der Waals surface area (Å²) < 4.78 is 1.59. The van der Waals surface area contributed by atoms with E-state index in [4.69, 9.17) is 16.6 Å². The summed E-state index contributed by atoms with van der Waals surface area (Å²) in [6, 6.07) is 7.45. The summed E-state index contributed by atoms with van der Waals surface area (Å²) in [5.41, 5.74) is 2.21. The number of halogens is 1. The summed E-state index contributed by atoms with van der Waals surface area (Å²) in [4.78, 5) is 34.3. The Hall–Kier alpha value is -1.83. The van der Waals surface area contributed by atoms with Gasteiger partial charge in [0.1, 0.15) is 4.83 Å². The van der Waals surface area contributed by atoms with E-state index < -0.39 is 0 Å². The van der Waals surface area contributed by atoms with Crippen LogP contribution in [0.25, 0.3) is 10.2 Å². The van der Waals surface area contributed by atoms with Crippen molar-refractivity contribution in [1.82, 2.24) is 14.5 Å². The van der Waals surface area contributed by atoms with Crippen LogP contribution >= 0.6 is 34.7 Å². The number of aromatic nitrogens is 2. The van der Waals surface area contributed by atoms with Crippen LogP contribution in [0.15, 0.2) is 34.2 Å². The quantitative estimate of drug-likeness (QED) is 0.403. The lowest BCUT2D eigenvalue weighted by Gasteiger charge is -2.25. The molecule has 1 aliphatic rings. The minimum Gasteiger partial charge on any atom is -0.338 e. The summed E-state index contributed by atoms with van der Waals surface area (Å²) in [6.07, 6.45) is 4.30. The Kier molecular flexibility index (Phi) is 6.23. The Labute approximate surface area is 189 Å². The van der Waals surface area contributed by atoms with Gasteiger partial charge in [-0.2, -0.15) is 0 Å². The summed E-state index contributed by atoms with van der Waals surface area (Å²) in [7, 11) is 3.54. The lowest BCUT2D eigenvalue weighted by atomic mass is 9.97. The zero-order valence-electron chi connectivity index (χ0n) is 17.3. The van der Waals surface area contributed by atoms with Crippen LogP contribution in [0.1, 0.15) is 41.8 Å². The number of aryl methyl sites for hydroxylation is 2. The molecule has 0 spiro atoms. The van der Waals surface area contributed by atoms with Crippen molar-refractivity contribution >= 4 is 50.8 Å². The van der Waals surface area contributed by atoms with E-state index in [0.29, 0.717) is 10.2 Å². The molecule has 0 fully saturated rings. The van der Waals surface area contributed by atoms with E-state index in [9.17, 15) is 9.59 Å². The van der Waals surface area contributed by atoms with Gasteiger partial charge in [0.05, 0.1) is 17.2 Å². The molecule has 1 unspecified atom stereocenters. The van der Waals surface area contributed by atoms with Gasteiger partial charge >= 0.3 is 0 Å². The van der Waals surface area contributed by atoms with Crippen LogP contribution in [0.4, 0.5) is 0 Å². The second-order valence-corrected chi connectivity index (χ2v) is 10.1. The molecule has 8 heteroatoms. The highest BCUT2D eigenvalue weighted by molar-refractivity contribution is 7.99. The molecule has 1 aromatic carbocycles. The summed E-state index contributed by atoms with van der Waals surface area (Å²) in [6.45, 7) is 1.99. The van der Waals surface area contributed by atoms with Gasteiger partial charge in [0, 0.05) is 24.0 Å². The second-order valence-electron chi connectivity index (χ2n) is 7.67. The fraction of sp³-hybridized carbons (Fsp3) is 0.409. The van der Waals surface area contributed by atoms with Crippen molar-refractivity contribution < 1.29 is 4.79 Å². The number of rotatable bonds is 5. The second kappa shape index (κ2) is 8.73. The van der Waals surface area contributed by atoms with Crippen molar-refractivity contribution in [2.75, 3.05) is 12.8 Å². The Morgan fingerprint density at radius 3 is 2.73 bits per heavy atom. The highest BCUT2D eigenvalue weighted by Gasteiger charge is 2.22. The van der Waals surface area contributed by atoms with Crippen LogP contribution in [0, 0.1) is 0 Å². The van der Waals surface area contributed by atoms with E-state index in [-0.39, 0.29) is 23.3 Å². The molecule has 0 saturated heterocycles. The first kappa shape index (κ1) is 21.4. The molecular formula is C22H24ClN3O2S2.